The van der Waals surface area contributed by atoms with E-state index in [1.54, 1.807) is 36.4 Å². The van der Waals surface area contributed by atoms with Gasteiger partial charge in [-0.3, -0.25) is 9.52 Å². The van der Waals surface area contributed by atoms with Crippen LogP contribution in [0.4, 0.5) is 11.4 Å². The summed E-state index contributed by atoms with van der Waals surface area (Å²) in [6.07, 6.45) is 0.734. The number of rotatable bonds is 6. The van der Waals surface area contributed by atoms with Crippen molar-refractivity contribution in [1.82, 2.24) is 0 Å². The van der Waals surface area contributed by atoms with Crippen LogP contribution >= 0.6 is 11.6 Å². The molecule has 8 nitrogen and oxygen atoms in total. The average molecular weight is 489 g/mol. The average Bonchev–Trinajstić information content (AvgIpc) is 3.04. The van der Waals surface area contributed by atoms with Gasteiger partial charge in [-0.05, 0) is 30.3 Å². The molecule has 0 saturated heterocycles. The topological polar surface area (TPSA) is 103 Å². The zero-order chi connectivity index (χ0) is 23.4. The summed E-state index contributed by atoms with van der Waals surface area (Å²) in [5.41, 5.74) is 0.751. The van der Waals surface area contributed by atoms with Gasteiger partial charge in [0.2, 0.25) is 0 Å². The van der Waals surface area contributed by atoms with Crippen molar-refractivity contribution in [2.45, 2.75) is 11.3 Å². The minimum absolute atomic E-state index is 0.0779. The Kier molecular flexibility index (Phi) is 6.62. The number of hydrogen-bond acceptors (Lipinski definition) is 6. The van der Waals surface area contributed by atoms with Gasteiger partial charge in [0, 0.05) is 24.1 Å². The van der Waals surface area contributed by atoms with Crippen LogP contribution in [0.2, 0.25) is 5.02 Å². The Hall–Kier alpha value is -3.43. The second-order valence-electron chi connectivity index (χ2n) is 7.12. The van der Waals surface area contributed by atoms with E-state index in [4.69, 9.17) is 25.8 Å². The number of halogens is 1. The fourth-order valence-corrected chi connectivity index (χ4v) is 4.53. The number of nitrogens with one attached hydrogen (secondary N) is 2. The van der Waals surface area contributed by atoms with E-state index in [0.29, 0.717) is 36.1 Å². The number of fused-ring (bicyclic) bond motifs is 1. The summed E-state index contributed by atoms with van der Waals surface area (Å²) in [6.45, 7) is 1.00. The molecule has 3 aromatic rings. The minimum atomic E-state index is -3.97. The molecule has 0 fully saturated rings. The van der Waals surface area contributed by atoms with E-state index in [0.717, 1.165) is 6.42 Å². The molecule has 0 atom stereocenters. The van der Waals surface area contributed by atoms with E-state index in [-0.39, 0.29) is 21.2 Å². The quantitative estimate of drug-likeness (QED) is 0.527. The molecule has 10 heteroatoms. The van der Waals surface area contributed by atoms with Crippen LogP contribution in [-0.4, -0.2) is 34.6 Å². The molecular formula is C23H21ClN2O6S. The van der Waals surface area contributed by atoms with Crippen molar-refractivity contribution >= 4 is 38.9 Å². The summed E-state index contributed by atoms with van der Waals surface area (Å²) in [4.78, 5) is 12.8. The maximum Gasteiger partial charge on any atom is 0.262 e. The van der Waals surface area contributed by atoms with Crippen LogP contribution in [0.1, 0.15) is 16.8 Å². The van der Waals surface area contributed by atoms with Crippen LogP contribution in [0.5, 0.6) is 17.2 Å². The number of ether oxygens (including phenoxy) is 3. The van der Waals surface area contributed by atoms with Gasteiger partial charge in [-0.2, -0.15) is 0 Å². The number of hydrogen-bond donors (Lipinski definition) is 2. The third-order valence-electron chi connectivity index (χ3n) is 4.84. The first kappa shape index (κ1) is 22.8. The Morgan fingerprint density at radius 1 is 0.970 bits per heavy atom. The molecule has 0 aliphatic carbocycles. The summed E-state index contributed by atoms with van der Waals surface area (Å²) >= 11 is 6.30. The smallest absolute Gasteiger partial charge is 0.262 e. The van der Waals surface area contributed by atoms with Gasteiger partial charge in [0.25, 0.3) is 15.9 Å². The molecule has 0 spiro atoms. The number of amides is 1. The molecule has 2 N–H and O–H groups in total. The van der Waals surface area contributed by atoms with Gasteiger partial charge in [-0.15, -0.1) is 0 Å². The van der Waals surface area contributed by atoms with Crippen LogP contribution in [0.15, 0.2) is 65.6 Å². The number of benzene rings is 3. The number of carbonyl (C=O) groups is 1. The van der Waals surface area contributed by atoms with E-state index in [9.17, 15) is 13.2 Å². The number of carbonyl (C=O) groups excluding carboxylic acids is 1. The van der Waals surface area contributed by atoms with Crippen LogP contribution in [0, 0.1) is 0 Å². The van der Waals surface area contributed by atoms with Gasteiger partial charge in [0.1, 0.15) is 5.75 Å². The number of para-hydroxylation sites is 2. The monoisotopic (exact) mass is 488 g/mol. The molecule has 33 heavy (non-hydrogen) atoms. The number of methoxy groups -OCH3 is 1. The fraction of sp³-hybridized carbons (Fsp3) is 0.174. The Bertz CT molecular complexity index is 1300. The molecule has 0 saturated carbocycles. The predicted molar refractivity (Wildman–Crippen MR) is 125 cm³/mol. The van der Waals surface area contributed by atoms with Gasteiger partial charge in [-0.25, -0.2) is 8.42 Å². The molecule has 1 aliphatic heterocycles. The first-order valence-electron chi connectivity index (χ1n) is 10.0. The second kappa shape index (κ2) is 9.60. The minimum Gasteiger partial charge on any atom is -0.495 e. The van der Waals surface area contributed by atoms with E-state index >= 15 is 0 Å². The van der Waals surface area contributed by atoms with Crippen molar-refractivity contribution in [3.63, 3.8) is 0 Å². The molecule has 0 radical (unpaired) electrons. The van der Waals surface area contributed by atoms with Crippen molar-refractivity contribution in [2.75, 3.05) is 30.4 Å². The predicted octanol–water partition coefficient (Wildman–Crippen LogP) is 4.56. The highest BCUT2D eigenvalue weighted by Gasteiger charge is 2.20. The van der Waals surface area contributed by atoms with E-state index in [1.165, 1.54) is 31.4 Å². The highest BCUT2D eigenvalue weighted by molar-refractivity contribution is 7.92. The summed E-state index contributed by atoms with van der Waals surface area (Å²) < 4.78 is 44.7. The lowest BCUT2D eigenvalue weighted by Crippen LogP contribution is -2.16. The Morgan fingerprint density at radius 2 is 1.70 bits per heavy atom. The van der Waals surface area contributed by atoms with Gasteiger partial charge < -0.3 is 19.5 Å². The number of anilines is 2. The SMILES string of the molecule is COc1ccccc1NS(=O)(=O)c1cccc(C(=O)Nc2cc3c(cc2Cl)OCCCO3)c1. The molecule has 1 amide bonds. The van der Waals surface area contributed by atoms with Crippen LogP contribution in [-0.2, 0) is 10.0 Å². The van der Waals surface area contributed by atoms with Crippen molar-refractivity contribution in [2.24, 2.45) is 0 Å². The molecule has 0 unspecified atom stereocenters. The third kappa shape index (κ3) is 5.15. The molecule has 1 heterocycles. The van der Waals surface area contributed by atoms with Crippen molar-refractivity contribution in [3.8, 4) is 17.2 Å². The normalized spacial score (nSPS) is 13.0. The Morgan fingerprint density at radius 3 is 2.45 bits per heavy atom. The lowest BCUT2D eigenvalue weighted by molar-refractivity contribution is 0.102. The zero-order valence-corrected chi connectivity index (χ0v) is 19.2. The van der Waals surface area contributed by atoms with Crippen LogP contribution < -0.4 is 24.2 Å². The van der Waals surface area contributed by atoms with Crippen LogP contribution in [0.25, 0.3) is 0 Å². The van der Waals surface area contributed by atoms with Gasteiger partial charge in [0.15, 0.2) is 11.5 Å². The first-order valence-corrected chi connectivity index (χ1v) is 11.9. The standard InChI is InChI=1S/C23H21ClN2O6S/c1-30-20-9-3-2-8-18(20)26-33(28,29)16-7-4-6-15(12-16)23(27)25-19-14-22-21(13-17(19)24)31-10-5-11-32-22/h2-4,6-9,12-14,26H,5,10-11H2,1H3,(H,25,27). The van der Waals surface area contributed by atoms with Gasteiger partial charge in [-0.1, -0.05) is 29.8 Å². The largest absolute Gasteiger partial charge is 0.495 e. The van der Waals surface area contributed by atoms with Crippen molar-refractivity contribution < 1.29 is 27.4 Å². The van der Waals surface area contributed by atoms with E-state index in [2.05, 4.69) is 10.0 Å². The fourth-order valence-electron chi connectivity index (χ4n) is 3.21. The number of sulfonamides is 1. The summed E-state index contributed by atoms with van der Waals surface area (Å²) in [7, 11) is -2.52. The molecule has 0 aromatic heterocycles. The van der Waals surface area contributed by atoms with Crippen molar-refractivity contribution in [3.05, 3.63) is 71.2 Å². The maximum atomic E-state index is 12.9. The van der Waals surface area contributed by atoms with Crippen LogP contribution in [0.3, 0.4) is 0 Å². The second-order valence-corrected chi connectivity index (χ2v) is 9.21. The first-order chi connectivity index (χ1) is 15.9. The molecule has 0 bridgehead atoms. The summed E-state index contributed by atoms with van der Waals surface area (Å²) in [5.74, 6) is 0.829. The molecular weight excluding hydrogens is 468 g/mol. The molecule has 4 rings (SSSR count). The Labute approximate surface area is 196 Å². The summed E-state index contributed by atoms with van der Waals surface area (Å²) in [5, 5.41) is 2.97. The van der Waals surface area contributed by atoms with E-state index < -0.39 is 15.9 Å². The molecule has 1 aliphatic rings. The zero-order valence-electron chi connectivity index (χ0n) is 17.6. The van der Waals surface area contributed by atoms with Gasteiger partial charge >= 0.3 is 0 Å². The van der Waals surface area contributed by atoms with E-state index in [1.807, 2.05) is 0 Å². The lowest BCUT2D eigenvalue weighted by atomic mass is 10.2. The summed E-state index contributed by atoms with van der Waals surface area (Å²) in [6, 6.07) is 15.5. The molecule has 172 valence electrons. The highest BCUT2D eigenvalue weighted by atomic mass is 35.5. The highest BCUT2D eigenvalue weighted by Crippen LogP contribution is 2.38. The van der Waals surface area contributed by atoms with Gasteiger partial charge in [0.05, 0.1) is 41.6 Å². The van der Waals surface area contributed by atoms with Crippen molar-refractivity contribution in [1.29, 1.82) is 0 Å². The lowest BCUT2D eigenvalue weighted by Gasteiger charge is -2.14. The maximum absolute atomic E-state index is 12.9. The molecule has 3 aromatic carbocycles. The third-order valence-corrected chi connectivity index (χ3v) is 6.52. The Balaban J connectivity index is 1.56.